The number of pyridine rings is 1. The molecule has 45 heavy (non-hydrogen) atoms. The van der Waals surface area contributed by atoms with Crippen LogP contribution in [0.3, 0.4) is 0 Å². The molecule has 1 amide bonds. The van der Waals surface area contributed by atoms with Gasteiger partial charge in [0.2, 0.25) is 5.91 Å². The summed E-state index contributed by atoms with van der Waals surface area (Å²) in [4.78, 5) is 31.1. The lowest BCUT2D eigenvalue weighted by molar-refractivity contribution is -0.130. The molecule has 0 aliphatic carbocycles. The summed E-state index contributed by atoms with van der Waals surface area (Å²) in [5, 5.41) is 10.6. The van der Waals surface area contributed by atoms with Crippen molar-refractivity contribution in [3.8, 4) is 17.3 Å². The van der Waals surface area contributed by atoms with Gasteiger partial charge in [-0.15, -0.1) is 0 Å². The van der Waals surface area contributed by atoms with Crippen LogP contribution in [0.5, 0.6) is 0 Å². The number of benzene rings is 1. The highest BCUT2D eigenvalue weighted by Gasteiger charge is 2.38. The molecule has 0 N–H and O–H groups in total. The Morgan fingerprint density at radius 2 is 1.73 bits per heavy atom. The van der Waals surface area contributed by atoms with Crippen LogP contribution in [0.4, 0.5) is 21.0 Å². The number of hydrogen-bond donors (Lipinski definition) is 0. The lowest BCUT2D eigenvalue weighted by Crippen LogP contribution is -2.48. The minimum Gasteiger partial charge on any atom is -0.370 e. The Balaban J connectivity index is 1.24. The lowest BCUT2D eigenvalue weighted by atomic mass is 9.71. The van der Waals surface area contributed by atoms with Crippen LogP contribution in [0.25, 0.3) is 16.9 Å². The molecular weight excluding hydrogens is 587 g/mol. The van der Waals surface area contributed by atoms with Gasteiger partial charge in [-0.1, -0.05) is 18.3 Å². The van der Waals surface area contributed by atoms with Crippen molar-refractivity contribution >= 4 is 39.5 Å². The summed E-state index contributed by atoms with van der Waals surface area (Å²) in [5.74, 6) is 0.794. The maximum absolute atomic E-state index is 13.6. The monoisotopic (exact) mass is 628 g/mol. The second-order valence-electron chi connectivity index (χ2n) is 12.7. The number of carbonyl (C=O) groups excluding carboxylic acids is 1. The molecule has 6 rings (SSSR count). The van der Waals surface area contributed by atoms with Crippen molar-refractivity contribution in [1.82, 2.24) is 24.2 Å². The zero-order valence-corrected chi connectivity index (χ0v) is 27.6. The molecule has 0 unspecified atom stereocenters. The Morgan fingerprint density at radius 1 is 1.07 bits per heavy atom. The molecule has 0 saturated carbocycles. The highest BCUT2D eigenvalue weighted by Crippen LogP contribution is 2.43. The average molecular weight is 629 g/mol. The number of halogens is 1. The van der Waals surface area contributed by atoms with Gasteiger partial charge < -0.3 is 14.7 Å². The number of nitriles is 1. The Morgan fingerprint density at radius 3 is 2.36 bits per heavy atom. The second kappa shape index (κ2) is 12.4. The number of amides is 1. The molecule has 3 aromatic heterocycles. The topological polar surface area (TPSA) is 84.0 Å². The van der Waals surface area contributed by atoms with Gasteiger partial charge >= 0.3 is 0 Å². The van der Waals surface area contributed by atoms with E-state index in [2.05, 4.69) is 46.4 Å². The zero-order valence-electron chi connectivity index (χ0n) is 26.8. The molecule has 2 aliphatic heterocycles. The Labute approximate surface area is 268 Å². The highest BCUT2D eigenvalue weighted by atomic mass is 32.1. The van der Waals surface area contributed by atoms with Gasteiger partial charge in [-0.05, 0) is 93.4 Å². The van der Waals surface area contributed by atoms with E-state index in [0.29, 0.717) is 33.2 Å². The van der Waals surface area contributed by atoms with Crippen molar-refractivity contribution in [2.75, 3.05) is 63.7 Å². The van der Waals surface area contributed by atoms with Gasteiger partial charge in [-0.2, -0.15) is 5.26 Å². The normalized spacial score (nSPS) is 16.7. The number of imidazole rings is 1. The fraction of sp³-hybridized carbons (Fsp3) is 0.471. The molecule has 4 aromatic rings. The first-order valence-corrected chi connectivity index (χ1v) is 16.5. The largest absolute Gasteiger partial charge is 0.370 e. The summed E-state index contributed by atoms with van der Waals surface area (Å²) < 4.78 is 15.8. The number of aryl methyl sites for hydroxylation is 2. The Bertz CT molecular complexity index is 1740. The van der Waals surface area contributed by atoms with Crippen LogP contribution in [0.2, 0.25) is 0 Å². The predicted molar refractivity (Wildman–Crippen MR) is 178 cm³/mol. The summed E-state index contributed by atoms with van der Waals surface area (Å²) in [6.07, 6.45) is 7.55. The molecule has 2 fully saturated rings. The standard InChI is InChI=1S/C34H41FN8OS/c1-6-27-32(40(5)33-38-30(28(20-36)45-33)24-7-9-25(35)10-8-24)43-21-26(19-23(2)31(43)37-27)42-17-13-34(14-18-42)11-15-41(16-12-34)22-29(44)39(3)4/h7-10,19,21H,6,11-18,22H2,1-5H3. The summed E-state index contributed by atoms with van der Waals surface area (Å²) >= 11 is 1.33. The van der Waals surface area contributed by atoms with Crippen LogP contribution >= 0.6 is 11.3 Å². The first-order valence-electron chi connectivity index (χ1n) is 15.7. The summed E-state index contributed by atoms with van der Waals surface area (Å²) in [5.41, 5.74) is 5.81. The predicted octanol–water partition coefficient (Wildman–Crippen LogP) is 5.88. The fourth-order valence-corrected chi connectivity index (χ4v) is 7.62. The van der Waals surface area contributed by atoms with E-state index < -0.39 is 0 Å². The van der Waals surface area contributed by atoms with E-state index in [4.69, 9.17) is 9.97 Å². The molecule has 2 saturated heterocycles. The minimum absolute atomic E-state index is 0.177. The number of thiazole rings is 1. The van der Waals surface area contributed by atoms with E-state index in [9.17, 15) is 14.4 Å². The van der Waals surface area contributed by atoms with Crippen LogP contribution in [0, 0.1) is 29.5 Å². The van der Waals surface area contributed by atoms with Crippen LogP contribution in [0.1, 0.15) is 48.7 Å². The lowest BCUT2D eigenvalue weighted by Gasteiger charge is -2.47. The van der Waals surface area contributed by atoms with Crippen molar-refractivity contribution in [3.05, 3.63) is 58.5 Å². The minimum atomic E-state index is -0.322. The molecular formula is C34H41FN8OS. The number of anilines is 3. The van der Waals surface area contributed by atoms with Crippen molar-refractivity contribution in [3.63, 3.8) is 0 Å². The third-order valence-corrected chi connectivity index (χ3v) is 10.7. The van der Waals surface area contributed by atoms with E-state index in [1.165, 1.54) is 29.2 Å². The van der Waals surface area contributed by atoms with Crippen molar-refractivity contribution in [2.24, 2.45) is 5.41 Å². The highest BCUT2D eigenvalue weighted by molar-refractivity contribution is 7.16. The number of likely N-dealkylation sites (tertiary alicyclic amines) is 1. The number of hydrogen-bond acceptors (Lipinski definition) is 8. The van der Waals surface area contributed by atoms with Crippen LogP contribution in [0.15, 0.2) is 36.5 Å². The van der Waals surface area contributed by atoms with E-state index in [1.807, 2.05) is 26.0 Å². The van der Waals surface area contributed by atoms with E-state index >= 15 is 0 Å². The van der Waals surface area contributed by atoms with Crippen molar-refractivity contribution in [2.45, 2.75) is 46.0 Å². The van der Waals surface area contributed by atoms with E-state index in [0.717, 1.165) is 81.0 Å². The Hall–Kier alpha value is -4.01. The first kappa shape index (κ1) is 31.0. The number of carbonyl (C=O) groups is 1. The first-order chi connectivity index (χ1) is 21.6. The molecule has 0 radical (unpaired) electrons. The van der Waals surface area contributed by atoms with Crippen LogP contribution in [-0.4, -0.2) is 83.9 Å². The SMILES string of the molecule is CCc1nc2c(C)cc(N3CCC4(CCN(CC(=O)N(C)C)CC4)CC3)cn2c1N(C)c1nc(-c2ccc(F)cc2)c(C#N)s1. The molecule has 5 heterocycles. The average Bonchev–Trinajstić information content (AvgIpc) is 3.65. The van der Waals surface area contributed by atoms with Gasteiger partial charge in [0, 0.05) is 46.0 Å². The van der Waals surface area contributed by atoms with Gasteiger partial charge in [0.1, 0.15) is 33.9 Å². The molecule has 1 aromatic carbocycles. The number of piperidine rings is 2. The van der Waals surface area contributed by atoms with Gasteiger partial charge in [0.25, 0.3) is 0 Å². The van der Waals surface area contributed by atoms with E-state index in [-0.39, 0.29) is 11.7 Å². The maximum atomic E-state index is 13.6. The van der Waals surface area contributed by atoms with Gasteiger partial charge in [-0.3, -0.25) is 14.1 Å². The van der Waals surface area contributed by atoms with Crippen LogP contribution < -0.4 is 9.80 Å². The number of aromatic nitrogens is 3. The molecule has 236 valence electrons. The van der Waals surface area contributed by atoms with Crippen molar-refractivity contribution < 1.29 is 9.18 Å². The van der Waals surface area contributed by atoms with Crippen molar-refractivity contribution in [1.29, 1.82) is 5.26 Å². The zero-order chi connectivity index (χ0) is 31.9. The summed E-state index contributed by atoms with van der Waals surface area (Å²) in [6.45, 7) is 8.72. The summed E-state index contributed by atoms with van der Waals surface area (Å²) in [7, 11) is 5.62. The number of nitrogens with zero attached hydrogens (tertiary/aromatic N) is 8. The van der Waals surface area contributed by atoms with E-state index in [1.54, 1.807) is 17.0 Å². The maximum Gasteiger partial charge on any atom is 0.236 e. The molecule has 0 bridgehead atoms. The van der Waals surface area contributed by atoms with Gasteiger partial charge in [-0.25, -0.2) is 14.4 Å². The third-order valence-electron chi connectivity index (χ3n) is 9.67. The number of fused-ring (bicyclic) bond motifs is 1. The van der Waals surface area contributed by atoms with Crippen LogP contribution in [-0.2, 0) is 11.2 Å². The smallest absolute Gasteiger partial charge is 0.236 e. The third kappa shape index (κ3) is 6.01. The molecule has 1 spiro atoms. The Kier molecular flexibility index (Phi) is 8.55. The molecule has 0 atom stereocenters. The van der Waals surface area contributed by atoms with Gasteiger partial charge in [0.15, 0.2) is 5.13 Å². The van der Waals surface area contributed by atoms with Gasteiger partial charge in [0.05, 0.1) is 17.9 Å². The molecule has 11 heteroatoms. The quantitative estimate of drug-likeness (QED) is 0.253. The number of rotatable bonds is 7. The fourth-order valence-electron chi connectivity index (χ4n) is 6.77. The molecule has 9 nitrogen and oxygen atoms in total. The summed E-state index contributed by atoms with van der Waals surface area (Å²) in [6, 6.07) is 10.6. The second-order valence-corrected chi connectivity index (χ2v) is 13.7. The number of likely N-dealkylation sites (N-methyl/N-ethyl adjacent to an activating group) is 1. The molecule has 2 aliphatic rings.